The van der Waals surface area contributed by atoms with Gasteiger partial charge in [0.05, 0.1) is 18.8 Å². The highest BCUT2D eigenvalue weighted by Gasteiger charge is 2.30. The van der Waals surface area contributed by atoms with Crippen LogP contribution in [-0.2, 0) is 15.7 Å². The Labute approximate surface area is 165 Å². The molecule has 1 aliphatic rings. The van der Waals surface area contributed by atoms with Gasteiger partial charge < -0.3 is 15.0 Å². The number of amides is 1. The van der Waals surface area contributed by atoms with Crippen molar-refractivity contribution in [2.24, 2.45) is 0 Å². The molecule has 2 aromatic rings. The van der Waals surface area contributed by atoms with E-state index < -0.39 is 17.6 Å². The Hall–Kier alpha value is -2.51. The highest BCUT2D eigenvalue weighted by atomic mass is 35.5. The molecule has 148 valence electrons. The summed E-state index contributed by atoms with van der Waals surface area (Å²) in [7, 11) is 0. The van der Waals surface area contributed by atoms with Gasteiger partial charge in [0.2, 0.25) is 5.91 Å². The first-order valence-electron chi connectivity index (χ1n) is 8.61. The first-order chi connectivity index (χ1) is 13.3. The van der Waals surface area contributed by atoms with Crippen LogP contribution in [0.25, 0.3) is 6.08 Å². The average molecular weight is 411 g/mol. The Morgan fingerprint density at radius 3 is 2.61 bits per heavy atom. The predicted octanol–water partition coefficient (Wildman–Crippen LogP) is 4.85. The second kappa shape index (κ2) is 8.67. The minimum atomic E-state index is -4.48. The molecule has 0 saturated carbocycles. The van der Waals surface area contributed by atoms with Crippen LogP contribution in [0, 0.1) is 0 Å². The third-order valence-corrected chi connectivity index (χ3v) is 4.57. The molecular weight excluding hydrogens is 393 g/mol. The van der Waals surface area contributed by atoms with Crippen molar-refractivity contribution in [1.82, 2.24) is 0 Å². The van der Waals surface area contributed by atoms with E-state index in [1.807, 2.05) is 18.2 Å². The summed E-state index contributed by atoms with van der Waals surface area (Å²) in [5, 5.41) is 2.84. The summed E-state index contributed by atoms with van der Waals surface area (Å²) in [4.78, 5) is 14.3. The quantitative estimate of drug-likeness (QED) is 0.733. The smallest absolute Gasteiger partial charge is 0.378 e. The van der Waals surface area contributed by atoms with Gasteiger partial charge in [0, 0.05) is 35.6 Å². The number of nitrogens with one attached hydrogen (secondary N) is 1. The van der Waals surface area contributed by atoms with Crippen LogP contribution in [0.3, 0.4) is 0 Å². The summed E-state index contributed by atoms with van der Waals surface area (Å²) in [6.45, 7) is 2.84. The first-order valence-corrected chi connectivity index (χ1v) is 8.99. The van der Waals surface area contributed by atoms with Crippen LogP contribution in [-0.4, -0.2) is 32.2 Å². The van der Waals surface area contributed by atoms with Crippen molar-refractivity contribution >= 4 is 35.0 Å². The first kappa shape index (κ1) is 20.2. The normalized spacial score (nSPS) is 15.1. The van der Waals surface area contributed by atoms with Gasteiger partial charge in [0.1, 0.15) is 0 Å². The van der Waals surface area contributed by atoms with E-state index in [1.54, 1.807) is 6.07 Å². The van der Waals surface area contributed by atoms with Gasteiger partial charge in [0.25, 0.3) is 0 Å². The van der Waals surface area contributed by atoms with E-state index in [-0.39, 0.29) is 10.6 Å². The maximum Gasteiger partial charge on any atom is 0.416 e. The molecule has 0 unspecified atom stereocenters. The molecule has 28 heavy (non-hydrogen) atoms. The Bertz CT molecular complexity index is 878. The van der Waals surface area contributed by atoms with Crippen molar-refractivity contribution in [3.63, 3.8) is 0 Å². The summed E-state index contributed by atoms with van der Waals surface area (Å²) >= 11 is 5.93. The fourth-order valence-corrected chi connectivity index (χ4v) is 2.98. The number of benzene rings is 2. The molecule has 0 radical (unpaired) electrons. The van der Waals surface area contributed by atoms with Crippen LogP contribution < -0.4 is 10.2 Å². The standard InChI is InChI=1S/C20H18ClF3N2O2/c21-18-6-5-15(20(22,23)24)12-14(18)4-7-19(27)25-16-2-1-3-17(13-16)26-8-10-28-11-9-26/h1-7,12-13H,8-11H2,(H,25,27). The van der Waals surface area contributed by atoms with Gasteiger partial charge in [-0.2, -0.15) is 13.2 Å². The van der Waals surface area contributed by atoms with E-state index in [0.29, 0.717) is 18.9 Å². The average Bonchev–Trinajstić information content (AvgIpc) is 2.67. The fourth-order valence-electron chi connectivity index (χ4n) is 2.80. The van der Waals surface area contributed by atoms with E-state index >= 15 is 0 Å². The molecule has 1 aliphatic heterocycles. The number of carbonyl (C=O) groups is 1. The zero-order valence-electron chi connectivity index (χ0n) is 14.8. The monoisotopic (exact) mass is 410 g/mol. The highest BCUT2D eigenvalue weighted by molar-refractivity contribution is 6.32. The molecule has 8 heteroatoms. The zero-order chi connectivity index (χ0) is 20.1. The Morgan fingerprint density at radius 1 is 1.14 bits per heavy atom. The highest BCUT2D eigenvalue weighted by Crippen LogP contribution is 2.32. The van der Waals surface area contributed by atoms with Crippen LogP contribution in [0.4, 0.5) is 24.5 Å². The summed E-state index contributed by atoms with van der Waals surface area (Å²) in [6.07, 6.45) is -2.06. The van der Waals surface area contributed by atoms with Crippen LogP contribution in [0.2, 0.25) is 5.02 Å². The van der Waals surface area contributed by atoms with Crippen molar-refractivity contribution in [2.75, 3.05) is 36.5 Å². The van der Waals surface area contributed by atoms with Gasteiger partial charge in [-0.3, -0.25) is 4.79 Å². The number of rotatable bonds is 4. The Kier molecular flexibility index (Phi) is 6.26. The summed E-state index contributed by atoms with van der Waals surface area (Å²) in [5.74, 6) is -0.465. The lowest BCUT2D eigenvalue weighted by Crippen LogP contribution is -2.36. The molecule has 4 nitrogen and oxygen atoms in total. The number of carbonyl (C=O) groups excluding carboxylic acids is 1. The molecule has 2 aromatic carbocycles. The minimum absolute atomic E-state index is 0.119. The molecule has 0 atom stereocenters. The third-order valence-electron chi connectivity index (χ3n) is 4.23. The van der Waals surface area contributed by atoms with Crippen molar-refractivity contribution in [3.8, 4) is 0 Å². The number of hydrogen-bond donors (Lipinski definition) is 1. The number of anilines is 2. The molecule has 1 amide bonds. The maximum atomic E-state index is 12.8. The number of morpholine rings is 1. The van der Waals surface area contributed by atoms with Crippen LogP contribution in [0.1, 0.15) is 11.1 Å². The SMILES string of the molecule is O=C(C=Cc1cc(C(F)(F)F)ccc1Cl)Nc1cccc(N2CCOCC2)c1. The number of halogens is 4. The van der Waals surface area contributed by atoms with Crippen molar-refractivity contribution in [3.05, 3.63) is 64.7 Å². The van der Waals surface area contributed by atoms with Gasteiger partial charge in [-0.05, 0) is 48.0 Å². The van der Waals surface area contributed by atoms with Gasteiger partial charge in [-0.25, -0.2) is 0 Å². The molecule has 1 saturated heterocycles. The third kappa shape index (κ3) is 5.27. The van der Waals surface area contributed by atoms with Crippen molar-refractivity contribution < 1.29 is 22.7 Å². The second-order valence-corrected chi connectivity index (χ2v) is 6.61. The largest absolute Gasteiger partial charge is 0.416 e. The van der Waals surface area contributed by atoms with Crippen molar-refractivity contribution in [1.29, 1.82) is 0 Å². The molecule has 1 heterocycles. The molecule has 3 rings (SSSR count). The van der Waals surface area contributed by atoms with E-state index in [9.17, 15) is 18.0 Å². The zero-order valence-corrected chi connectivity index (χ0v) is 15.6. The van der Waals surface area contributed by atoms with Gasteiger partial charge in [0.15, 0.2) is 0 Å². The van der Waals surface area contributed by atoms with Gasteiger partial charge >= 0.3 is 6.18 Å². The molecule has 1 N–H and O–H groups in total. The molecule has 0 spiro atoms. The van der Waals surface area contributed by atoms with E-state index in [1.165, 1.54) is 6.08 Å². The Morgan fingerprint density at radius 2 is 1.89 bits per heavy atom. The lowest BCUT2D eigenvalue weighted by atomic mass is 10.1. The van der Waals surface area contributed by atoms with Crippen LogP contribution >= 0.6 is 11.6 Å². The number of nitrogens with zero attached hydrogens (tertiary/aromatic N) is 1. The lowest BCUT2D eigenvalue weighted by Gasteiger charge is -2.29. The fraction of sp³-hybridized carbons (Fsp3) is 0.250. The molecular formula is C20H18ClF3N2O2. The number of hydrogen-bond acceptors (Lipinski definition) is 3. The van der Waals surface area contributed by atoms with Crippen LogP contribution in [0.15, 0.2) is 48.5 Å². The number of alkyl halides is 3. The van der Waals surface area contributed by atoms with Crippen LogP contribution in [0.5, 0.6) is 0 Å². The van der Waals surface area contributed by atoms with E-state index in [4.69, 9.17) is 16.3 Å². The minimum Gasteiger partial charge on any atom is -0.378 e. The molecule has 0 aromatic heterocycles. The number of ether oxygens (including phenoxy) is 1. The van der Waals surface area contributed by atoms with Gasteiger partial charge in [-0.15, -0.1) is 0 Å². The summed E-state index contributed by atoms with van der Waals surface area (Å²) < 4.78 is 43.8. The maximum absolute atomic E-state index is 12.8. The molecule has 0 aliphatic carbocycles. The summed E-state index contributed by atoms with van der Waals surface area (Å²) in [5.41, 5.74) is 0.851. The topological polar surface area (TPSA) is 41.6 Å². The molecule has 0 bridgehead atoms. The van der Waals surface area contributed by atoms with E-state index in [0.717, 1.165) is 43.1 Å². The second-order valence-electron chi connectivity index (χ2n) is 6.21. The molecule has 1 fully saturated rings. The summed E-state index contributed by atoms with van der Waals surface area (Å²) in [6, 6.07) is 10.3. The van der Waals surface area contributed by atoms with Gasteiger partial charge in [-0.1, -0.05) is 17.7 Å². The lowest BCUT2D eigenvalue weighted by molar-refractivity contribution is -0.137. The predicted molar refractivity (Wildman–Crippen MR) is 104 cm³/mol. The van der Waals surface area contributed by atoms with Crippen molar-refractivity contribution in [2.45, 2.75) is 6.18 Å². The Balaban J connectivity index is 1.69. The van der Waals surface area contributed by atoms with E-state index in [2.05, 4.69) is 10.2 Å².